The maximum absolute atomic E-state index is 17.1. The summed E-state index contributed by atoms with van der Waals surface area (Å²) in [5.41, 5.74) is -5.33. The highest BCUT2D eigenvalue weighted by molar-refractivity contribution is 6.01. The molecule has 4 aliphatic rings. The number of Topliss-reactive ketones (excluding diaryl/α,β-unsaturated/α-hetero) is 1. The Hall–Kier alpha value is -1.86. The first-order valence-electron chi connectivity index (χ1n) is 12.1. The second-order valence-corrected chi connectivity index (χ2v) is 11.0. The number of halogens is 1. The first-order chi connectivity index (χ1) is 15.4. The van der Waals surface area contributed by atoms with Crippen LogP contribution in [0.2, 0.25) is 0 Å². The molecule has 0 spiro atoms. The first kappa shape index (κ1) is 24.3. The molecular formula is C26H35FO6. The van der Waals surface area contributed by atoms with Crippen LogP contribution in [0.15, 0.2) is 23.8 Å². The molecule has 0 bridgehead atoms. The van der Waals surface area contributed by atoms with Gasteiger partial charge in [0.2, 0.25) is 5.78 Å². The van der Waals surface area contributed by atoms with Crippen LogP contribution in [0.3, 0.4) is 0 Å². The molecule has 6 nitrogen and oxygen atoms in total. The van der Waals surface area contributed by atoms with Gasteiger partial charge < -0.3 is 14.9 Å². The molecule has 0 aromatic carbocycles. The van der Waals surface area contributed by atoms with Gasteiger partial charge in [0, 0.05) is 23.2 Å². The molecule has 0 aliphatic heterocycles. The van der Waals surface area contributed by atoms with Crippen LogP contribution in [-0.2, 0) is 19.1 Å². The molecule has 0 heterocycles. The zero-order chi connectivity index (χ0) is 24.4. The van der Waals surface area contributed by atoms with Gasteiger partial charge in [-0.05, 0) is 63.0 Å². The van der Waals surface area contributed by atoms with Gasteiger partial charge >= 0.3 is 5.97 Å². The van der Waals surface area contributed by atoms with Crippen LogP contribution in [0.25, 0.3) is 0 Å². The molecule has 2 N–H and O–H groups in total. The van der Waals surface area contributed by atoms with Crippen molar-refractivity contribution in [2.24, 2.45) is 28.6 Å². The summed E-state index contributed by atoms with van der Waals surface area (Å²) in [4.78, 5) is 37.0. The fourth-order valence-electron chi connectivity index (χ4n) is 7.67. The Balaban J connectivity index is 1.69. The van der Waals surface area contributed by atoms with Crippen LogP contribution in [0.4, 0.5) is 4.39 Å². The van der Waals surface area contributed by atoms with Crippen LogP contribution in [0, 0.1) is 28.6 Å². The van der Waals surface area contributed by atoms with Crippen LogP contribution < -0.4 is 0 Å². The molecule has 0 aromatic rings. The fourth-order valence-corrected chi connectivity index (χ4v) is 7.67. The molecule has 4 rings (SSSR count). The summed E-state index contributed by atoms with van der Waals surface area (Å²) in [7, 11) is 0. The number of alkyl halides is 1. The standard InChI is InChI=1S/C26H35FO6/c1-5-6-22(31)33-14-21(30)26(32)15(2)11-19-18-8-7-16-12-17(28)9-10-23(16,3)25(18,27)20(29)13-24(19,26)4/h9-10,12,15,18-20,29,32H,5-8,11,13-14H2,1-4H3/t15?,18?,19?,20?,23?,24?,25-,26-/m0/s1. The highest BCUT2D eigenvalue weighted by Gasteiger charge is 2.75. The van der Waals surface area contributed by atoms with E-state index in [1.54, 1.807) is 26.8 Å². The minimum atomic E-state index is -2.01. The SMILES string of the molecule is CCCC(=O)OCC(=O)[C@@]1(O)C(C)CC2C3CCC4=CC(=O)C=CC4(C)[C@@]3(F)C(O)CC21C. The van der Waals surface area contributed by atoms with E-state index in [-0.39, 0.29) is 24.5 Å². The Morgan fingerprint density at radius 3 is 2.64 bits per heavy atom. The summed E-state index contributed by atoms with van der Waals surface area (Å²) in [6.45, 7) is 6.58. The lowest BCUT2D eigenvalue weighted by molar-refractivity contribution is -0.220. The highest BCUT2D eigenvalue weighted by Crippen LogP contribution is 2.70. The average molecular weight is 463 g/mol. The summed E-state index contributed by atoms with van der Waals surface area (Å²) < 4.78 is 22.2. The first-order valence-corrected chi connectivity index (χ1v) is 12.1. The summed E-state index contributed by atoms with van der Waals surface area (Å²) in [5.74, 6) is -2.66. The van der Waals surface area contributed by atoms with E-state index in [2.05, 4.69) is 0 Å². The Labute approximate surface area is 194 Å². The van der Waals surface area contributed by atoms with Gasteiger partial charge in [0.25, 0.3) is 0 Å². The molecule has 182 valence electrons. The molecule has 3 saturated carbocycles. The number of aliphatic hydroxyl groups is 2. The second-order valence-electron chi connectivity index (χ2n) is 11.0. The van der Waals surface area contributed by atoms with Crippen LogP contribution in [-0.4, -0.2) is 51.7 Å². The Morgan fingerprint density at radius 1 is 1.27 bits per heavy atom. The van der Waals surface area contributed by atoms with Gasteiger partial charge in [0.05, 0.1) is 6.10 Å². The number of carbonyl (C=O) groups is 3. The van der Waals surface area contributed by atoms with E-state index in [1.807, 2.05) is 6.92 Å². The largest absolute Gasteiger partial charge is 0.458 e. The van der Waals surface area contributed by atoms with Crippen molar-refractivity contribution in [2.45, 2.75) is 83.6 Å². The van der Waals surface area contributed by atoms with Crippen molar-refractivity contribution in [3.8, 4) is 0 Å². The minimum absolute atomic E-state index is 0.0925. The van der Waals surface area contributed by atoms with Crippen molar-refractivity contribution < 1.29 is 33.7 Å². The predicted octanol–water partition coefficient (Wildman–Crippen LogP) is 3.25. The summed E-state index contributed by atoms with van der Waals surface area (Å²) in [6, 6.07) is 0. The molecule has 6 unspecified atom stereocenters. The van der Waals surface area contributed by atoms with Gasteiger partial charge in [-0.3, -0.25) is 14.4 Å². The maximum Gasteiger partial charge on any atom is 0.306 e. The third-order valence-corrected chi connectivity index (χ3v) is 9.47. The number of rotatable bonds is 5. The van der Waals surface area contributed by atoms with Gasteiger partial charge in [0.1, 0.15) is 5.60 Å². The highest BCUT2D eigenvalue weighted by atomic mass is 19.1. The van der Waals surface area contributed by atoms with Crippen LogP contribution in [0.5, 0.6) is 0 Å². The summed E-state index contributed by atoms with van der Waals surface area (Å²) in [5, 5.41) is 23.1. The van der Waals surface area contributed by atoms with Gasteiger partial charge in [-0.25, -0.2) is 4.39 Å². The Kier molecular flexibility index (Phi) is 5.77. The molecule has 33 heavy (non-hydrogen) atoms. The Morgan fingerprint density at radius 2 is 1.97 bits per heavy atom. The molecule has 4 aliphatic carbocycles. The van der Waals surface area contributed by atoms with Crippen LogP contribution in [0.1, 0.15) is 66.2 Å². The number of ether oxygens (including phenoxy) is 1. The number of ketones is 2. The molecule has 0 aromatic heterocycles. The molecular weight excluding hydrogens is 427 g/mol. The number of hydrogen-bond donors (Lipinski definition) is 2. The number of carbonyl (C=O) groups excluding carboxylic acids is 3. The lowest BCUT2D eigenvalue weighted by Gasteiger charge is -2.62. The van der Waals surface area contributed by atoms with E-state index in [9.17, 15) is 24.6 Å². The van der Waals surface area contributed by atoms with E-state index in [0.717, 1.165) is 0 Å². The Bertz CT molecular complexity index is 941. The van der Waals surface area contributed by atoms with E-state index < -0.39 is 58.4 Å². The van der Waals surface area contributed by atoms with Crippen molar-refractivity contribution in [1.29, 1.82) is 0 Å². The number of hydrogen-bond acceptors (Lipinski definition) is 6. The van der Waals surface area contributed by atoms with Crippen LogP contribution >= 0.6 is 0 Å². The molecule has 0 amide bonds. The lowest BCUT2D eigenvalue weighted by Crippen LogP contribution is -2.69. The fraction of sp³-hybridized carbons (Fsp3) is 0.731. The van der Waals surface area contributed by atoms with Gasteiger partial charge in [0.15, 0.2) is 18.1 Å². The van der Waals surface area contributed by atoms with Gasteiger partial charge in [-0.15, -0.1) is 0 Å². The topological polar surface area (TPSA) is 101 Å². The van der Waals surface area contributed by atoms with Crippen molar-refractivity contribution in [3.05, 3.63) is 23.8 Å². The molecule has 0 radical (unpaired) electrons. The minimum Gasteiger partial charge on any atom is -0.458 e. The normalized spacial score (nSPS) is 46.2. The quantitative estimate of drug-likeness (QED) is 0.609. The second kappa shape index (κ2) is 7.84. The van der Waals surface area contributed by atoms with Crippen molar-refractivity contribution >= 4 is 17.5 Å². The van der Waals surface area contributed by atoms with E-state index >= 15 is 4.39 Å². The lowest BCUT2D eigenvalue weighted by atomic mass is 9.44. The monoisotopic (exact) mass is 462 g/mol. The number of fused-ring (bicyclic) bond motifs is 5. The van der Waals surface area contributed by atoms with Gasteiger partial charge in [-0.2, -0.15) is 0 Å². The molecule has 8 atom stereocenters. The predicted molar refractivity (Wildman–Crippen MR) is 119 cm³/mol. The number of aliphatic hydroxyl groups excluding tert-OH is 1. The maximum atomic E-state index is 17.1. The number of esters is 1. The van der Waals surface area contributed by atoms with Crippen molar-refractivity contribution in [3.63, 3.8) is 0 Å². The number of allylic oxidation sites excluding steroid dienone is 4. The zero-order valence-corrected chi connectivity index (χ0v) is 19.9. The molecule has 0 saturated heterocycles. The third-order valence-electron chi connectivity index (χ3n) is 9.47. The smallest absolute Gasteiger partial charge is 0.306 e. The van der Waals surface area contributed by atoms with E-state index in [0.29, 0.717) is 31.3 Å². The average Bonchev–Trinajstić information content (AvgIpc) is 2.95. The van der Waals surface area contributed by atoms with Gasteiger partial charge in [-0.1, -0.05) is 32.4 Å². The van der Waals surface area contributed by atoms with Crippen molar-refractivity contribution in [2.75, 3.05) is 6.61 Å². The third kappa shape index (κ3) is 3.07. The summed E-state index contributed by atoms with van der Waals surface area (Å²) in [6.07, 6.45) is 5.10. The summed E-state index contributed by atoms with van der Waals surface area (Å²) >= 11 is 0. The van der Waals surface area contributed by atoms with Crippen molar-refractivity contribution in [1.82, 2.24) is 0 Å². The van der Waals surface area contributed by atoms with E-state index in [1.165, 1.54) is 12.2 Å². The molecule has 3 fully saturated rings. The van der Waals surface area contributed by atoms with E-state index in [4.69, 9.17) is 4.74 Å². The molecule has 7 heteroatoms. The zero-order valence-electron chi connectivity index (χ0n) is 19.9.